The number of piperidine rings is 2. The minimum atomic E-state index is -0.183. The lowest BCUT2D eigenvalue weighted by Gasteiger charge is -2.46. The number of hydrogen-bond acceptors (Lipinski definition) is 6. The summed E-state index contributed by atoms with van der Waals surface area (Å²) >= 11 is 1.55. The molecule has 8 nitrogen and oxygen atoms in total. The zero-order valence-corrected chi connectivity index (χ0v) is 21.9. The molecular formula is C28H33N5O3S. The Morgan fingerprint density at radius 1 is 1.08 bits per heavy atom. The summed E-state index contributed by atoms with van der Waals surface area (Å²) in [6, 6.07) is 15.9. The number of benzene rings is 2. The quantitative estimate of drug-likeness (QED) is 0.480. The number of carbonyl (C=O) groups excluding carboxylic acids is 2. The fraction of sp³-hybridized carbons (Fsp3) is 0.429. The third-order valence-corrected chi connectivity index (χ3v) is 9.10. The smallest absolute Gasteiger partial charge is 0.326 e. The Bertz CT molecular complexity index is 1230. The average molecular weight is 520 g/mol. The van der Waals surface area contributed by atoms with Crippen LogP contribution >= 0.6 is 11.8 Å². The summed E-state index contributed by atoms with van der Waals surface area (Å²) in [5.74, 6) is 1.45. The Labute approximate surface area is 221 Å². The first-order valence-electron chi connectivity index (χ1n) is 13.1. The topological polar surface area (TPSA) is 94.7 Å². The van der Waals surface area contributed by atoms with Crippen LogP contribution in [0.1, 0.15) is 31.7 Å². The predicted octanol–water partition coefficient (Wildman–Crippen LogP) is 3.84. The van der Waals surface area contributed by atoms with Crippen molar-refractivity contribution in [1.82, 2.24) is 21.3 Å². The Hall–Kier alpha value is -3.01. The fourth-order valence-electron chi connectivity index (χ4n) is 5.86. The lowest BCUT2D eigenvalue weighted by molar-refractivity contribution is -0.117. The van der Waals surface area contributed by atoms with Crippen molar-refractivity contribution < 1.29 is 14.3 Å². The molecule has 0 radical (unpaired) electrons. The van der Waals surface area contributed by atoms with E-state index in [0.29, 0.717) is 10.9 Å². The van der Waals surface area contributed by atoms with E-state index in [1.54, 1.807) is 11.8 Å². The Morgan fingerprint density at radius 3 is 2.68 bits per heavy atom. The molecule has 2 aromatic rings. The van der Waals surface area contributed by atoms with Crippen LogP contribution in [-0.4, -0.2) is 48.5 Å². The number of ether oxygens (including phenoxy) is 1. The zero-order chi connectivity index (χ0) is 25.5. The minimum absolute atomic E-state index is 0.0235. The molecule has 9 heteroatoms. The highest BCUT2D eigenvalue weighted by Gasteiger charge is 2.52. The van der Waals surface area contributed by atoms with Gasteiger partial charge in [-0.15, -0.1) is 0 Å². The van der Waals surface area contributed by atoms with Gasteiger partial charge in [-0.05, 0) is 75.5 Å². The van der Waals surface area contributed by atoms with Gasteiger partial charge in [0.1, 0.15) is 11.5 Å². The molecule has 4 aliphatic heterocycles. The lowest BCUT2D eigenvalue weighted by atomic mass is 9.86. The molecule has 0 bridgehead atoms. The molecule has 37 heavy (non-hydrogen) atoms. The van der Waals surface area contributed by atoms with Crippen LogP contribution in [0.4, 0.5) is 10.5 Å². The van der Waals surface area contributed by atoms with Crippen LogP contribution in [0.25, 0.3) is 0 Å². The first-order valence-corrected chi connectivity index (χ1v) is 14.0. The third kappa shape index (κ3) is 4.71. The predicted molar refractivity (Wildman–Crippen MR) is 146 cm³/mol. The van der Waals surface area contributed by atoms with Crippen LogP contribution in [0, 0.1) is 12.8 Å². The second-order valence-corrected chi connectivity index (χ2v) is 11.5. The van der Waals surface area contributed by atoms with E-state index in [4.69, 9.17) is 4.74 Å². The van der Waals surface area contributed by atoms with Crippen LogP contribution < -0.4 is 30.9 Å². The highest BCUT2D eigenvalue weighted by molar-refractivity contribution is 8.04. The zero-order valence-electron chi connectivity index (χ0n) is 21.1. The van der Waals surface area contributed by atoms with Crippen LogP contribution in [0.15, 0.2) is 59.1 Å². The van der Waals surface area contributed by atoms with E-state index in [1.807, 2.05) is 60.4 Å². The number of carbonyl (C=O) groups is 2. The van der Waals surface area contributed by atoms with Crippen LogP contribution in [-0.2, 0) is 4.79 Å². The molecule has 5 atom stereocenters. The Balaban J connectivity index is 1.24. The SMILES string of the molecule is Cc1cc(Oc2ccccc2)ccc1N1C(=O)NC2=C(C(=O)NC3CC[C@H](C)NC3)SC3NCCC1C23. The van der Waals surface area contributed by atoms with Crippen molar-refractivity contribution in [1.29, 1.82) is 0 Å². The van der Waals surface area contributed by atoms with Gasteiger partial charge in [0, 0.05) is 35.9 Å². The van der Waals surface area contributed by atoms with E-state index in [1.165, 1.54) is 0 Å². The molecule has 3 amide bonds. The third-order valence-electron chi connectivity index (χ3n) is 7.75. The van der Waals surface area contributed by atoms with Crippen molar-refractivity contribution in [2.75, 3.05) is 18.0 Å². The van der Waals surface area contributed by atoms with Gasteiger partial charge in [-0.25, -0.2) is 4.79 Å². The highest BCUT2D eigenvalue weighted by Crippen LogP contribution is 2.48. The van der Waals surface area contributed by atoms with Gasteiger partial charge in [-0.1, -0.05) is 30.0 Å². The molecule has 6 rings (SSSR count). The van der Waals surface area contributed by atoms with E-state index >= 15 is 0 Å². The second-order valence-electron chi connectivity index (χ2n) is 10.3. The van der Waals surface area contributed by atoms with Crippen molar-refractivity contribution in [2.24, 2.45) is 5.92 Å². The van der Waals surface area contributed by atoms with Crippen molar-refractivity contribution in [2.45, 2.75) is 56.6 Å². The lowest BCUT2D eigenvalue weighted by Crippen LogP contribution is -2.62. The molecule has 3 saturated heterocycles. The standard InChI is InChI=1S/C28H33N5O3S/c1-16-14-20(36-19-6-4-3-5-7-19)10-11-21(16)33-22-12-13-29-27-23(22)24(32-28(33)35)25(37-27)26(34)31-18-9-8-17(2)30-15-18/h3-7,10-11,14,17-18,22-23,27,29-30H,8-9,12-13,15H2,1-2H3,(H,31,34)(H,32,35)/t17-,18?,22?,23?,27?/m0/s1. The molecule has 4 N–H and O–H groups in total. The molecule has 0 saturated carbocycles. The van der Waals surface area contributed by atoms with E-state index in [2.05, 4.69) is 28.2 Å². The van der Waals surface area contributed by atoms with Crippen molar-refractivity contribution in [3.63, 3.8) is 0 Å². The van der Waals surface area contributed by atoms with Crippen LogP contribution in [0.3, 0.4) is 0 Å². The molecule has 4 heterocycles. The maximum absolute atomic E-state index is 13.5. The van der Waals surface area contributed by atoms with Crippen LogP contribution in [0.2, 0.25) is 0 Å². The number of urea groups is 1. The van der Waals surface area contributed by atoms with Crippen molar-refractivity contribution in [3.05, 3.63) is 64.7 Å². The second kappa shape index (κ2) is 10.0. The maximum atomic E-state index is 13.5. The van der Waals surface area contributed by atoms with Crippen molar-refractivity contribution in [3.8, 4) is 11.5 Å². The normalized spacial score (nSPS) is 29.0. The summed E-state index contributed by atoms with van der Waals surface area (Å²) in [6.45, 7) is 5.74. The van der Waals surface area contributed by atoms with Gasteiger partial charge in [0.2, 0.25) is 0 Å². The summed E-state index contributed by atoms with van der Waals surface area (Å²) in [6.07, 6.45) is 2.82. The Morgan fingerprint density at radius 2 is 1.92 bits per heavy atom. The number of para-hydroxylation sites is 1. The number of nitrogens with one attached hydrogen (secondary N) is 4. The summed E-state index contributed by atoms with van der Waals surface area (Å²) in [5.41, 5.74) is 2.60. The van der Waals surface area contributed by atoms with Gasteiger partial charge in [0.05, 0.1) is 16.3 Å². The molecule has 4 unspecified atom stereocenters. The molecule has 3 fully saturated rings. The number of hydrogen-bond donors (Lipinski definition) is 4. The molecule has 2 aromatic carbocycles. The van der Waals surface area contributed by atoms with E-state index in [-0.39, 0.29) is 35.3 Å². The minimum Gasteiger partial charge on any atom is -0.457 e. The van der Waals surface area contributed by atoms with Crippen molar-refractivity contribution >= 4 is 29.4 Å². The number of rotatable bonds is 5. The van der Waals surface area contributed by atoms with E-state index in [9.17, 15) is 9.59 Å². The average Bonchev–Trinajstić information content (AvgIpc) is 3.27. The number of amides is 3. The largest absolute Gasteiger partial charge is 0.457 e. The van der Waals surface area contributed by atoms with Gasteiger partial charge in [-0.2, -0.15) is 0 Å². The molecule has 0 spiro atoms. The Kier molecular flexibility index (Phi) is 6.60. The number of aryl methyl sites for hydroxylation is 1. The number of anilines is 1. The highest BCUT2D eigenvalue weighted by atomic mass is 32.2. The van der Waals surface area contributed by atoms with Gasteiger partial charge in [-0.3, -0.25) is 9.69 Å². The molecular weight excluding hydrogens is 486 g/mol. The van der Waals surface area contributed by atoms with E-state index < -0.39 is 0 Å². The number of thioether (sulfide) groups is 1. The first kappa shape index (κ1) is 24.3. The monoisotopic (exact) mass is 519 g/mol. The molecule has 0 aromatic heterocycles. The van der Waals surface area contributed by atoms with Crippen LogP contribution in [0.5, 0.6) is 11.5 Å². The van der Waals surface area contributed by atoms with Gasteiger partial charge in [0.15, 0.2) is 0 Å². The first-order chi connectivity index (χ1) is 18.0. The molecule has 194 valence electrons. The summed E-state index contributed by atoms with van der Waals surface area (Å²) in [5, 5.41) is 13.4. The molecule has 0 aliphatic carbocycles. The van der Waals surface area contributed by atoms with E-state index in [0.717, 1.165) is 60.8 Å². The van der Waals surface area contributed by atoms with Gasteiger partial charge < -0.3 is 26.0 Å². The maximum Gasteiger partial charge on any atom is 0.326 e. The molecule has 4 aliphatic rings. The summed E-state index contributed by atoms with van der Waals surface area (Å²) in [7, 11) is 0. The summed E-state index contributed by atoms with van der Waals surface area (Å²) < 4.78 is 6.00. The van der Waals surface area contributed by atoms with Gasteiger partial charge >= 0.3 is 6.03 Å². The van der Waals surface area contributed by atoms with Gasteiger partial charge in [0.25, 0.3) is 5.91 Å². The number of nitrogens with zero attached hydrogens (tertiary/aromatic N) is 1. The fourth-order valence-corrected chi connectivity index (χ4v) is 7.26. The summed E-state index contributed by atoms with van der Waals surface area (Å²) in [4.78, 5) is 29.4.